The van der Waals surface area contributed by atoms with Crippen molar-refractivity contribution in [3.05, 3.63) is 56.2 Å². The summed E-state index contributed by atoms with van der Waals surface area (Å²) in [5.74, 6) is -0.655. The van der Waals surface area contributed by atoms with Crippen LogP contribution >= 0.6 is 43.5 Å². The second kappa shape index (κ2) is 6.01. The van der Waals surface area contributed by atoms with Crippen molar-refractivity contribution >= 4 is 59.2 Å². The highest BCUT2D eigenvalue weighted by atomic mass is 79.9. The van der Waals surface area contributed by atoms with E-state index in [2.05, 4.69) is 36.6 Å². The quantitative estimate of drug-likeness (QED) is 0.741. The molecule has 0 fully saturated rings. The Kier molecular flexibility index (Phi) is 4.73. The second-order valence-electron chi connectivity index (χ2n) is 3.81. The summed E-state index contributed by atoms with van der Waals surface area (Å²) in [5, 5.41) is 0.382. The first-order chi connectivity index (χ1) is 9.29. The lowest BCUT2D eigenvalue weighted by Gasteiger charge is -2.10. The van der Waals surface area contributed by atoms with Gasteiger partial charge in [-0.05, 0) is 68.3 Å². The van der Waals surface area contributed by atoms with E-state index in [0.717, 1.165) is 6.07 Å². The van der Waals surface area contributed by atoms with Crippen LogP contribution in [-0.4, -0.2) is 8.42 Å². The molecule has 0 heterocycles. The van der Waals surface area contributed by atoms with Gasteiger partial charge in [-0.2, -0.15) is 0 Å². The third-order valence-electron chi connectivity index (χ3n) is 2.37. The van der Waals surface area contributed by atoms with Crippen LogP contribution in [0.2, 0.25) is 5.02 Å². The SMILES string of the molecule is O=S(=O)(Nc1cc(Cl)ccc1Br)c1ccc(Br)c(F)c1. The van der Waals surface area contributed by atoms with Gasteiger partial charge in [-0.3, -0.25) is 4.72 Å². The third-order valence-corrected chi connectivity index (χ3v) is 5.31. The fraction of sp³-hybridized carbons (Fsp3) is 0. The Bertz CT molecular complexity index is 768. The molecule has 0 aromatic heterocycles. The number of sulfonamides is 1. The van der Waals surface area contributed by atoms with Gasteiger partial charge >= 0.3 is 0 Å². The van der Waals surface area contributed by atoms with Crippen molar-refractivity contribution in [1.82, 2.24) is 0 Å². The van der Waals surface area contributed by atoms with Crippen molar-refractivity contribution in [2.24, 2.45) is 0 Å². The van der Waals surface area contributed by atoms with E-state index in [1.165, 1.54) is 18.2 Å². The molecule has 8 heteroatoms. The standard InChI is InChI=1S/C12H7Br2ClFNO2S/c13-9-4-2-8(6-11(9)16)20(18,19)17-12-5-7(15)1-3-10(12)14/h1-6,17H. The molecule has 0 unspecified atom stereocenters. The van der Waals surface area contributed by atoms with Crippen molar-refractivity contribution in [2.45, 2.75) is 4.90 Å². The molecule has 0 bridgehead atoms. The predicted molar refractivity (Wildman–Crippen MR) is 84.1 cm³/mol. The first-order valence-electron chi connectivity index (χ1n) is 5.22. The van der Waals surface area contributed by atoms with Crippen LogP contribution in [0, 0.1) is 5.82 Å². The zero-order valence-electron chi connectivity index (χ0n) is 9.70. The van der Waals surface area contributed by atoms with Crippen molar-refractivity contribution < 1.29 is 12.8 Å². The monoisotopic (exact) mass is 441 g/mol. The molecule has 3 nitrogen and oxygen atoms in total. The average Bonchev–Trinajstić information content (AvgIpc) is 2.36. The van der Waals surface area contributed by atoms with E-state index < -0.39 is 15.8 Å². The first-order valence-corrected chi connectivity index (χ1v) is 8.67. The van der Waals surface area contributed by atoms with E-state index in [9.17, 15) is 12.8 Å². The van der Waals surface area contributed by atoms with E-state index in [-0.39, 0.29) is 15.1 Å². The van der Waals surface area contributed by atoms with Gasteiger partial charge in [0, 0.05) is 9.50 Å². The summed E-state index contributed by atoms with van der Waals surface area (Å²) in [7, 11) is -3.89. The summed E-state index contributed by atoms with van der Waals surface area (Å²) < 4.78 is 40.8. The Labute approximate surface area is 137 Å². The zero-order valence-corrected chi connectivity index (χ0v) is 14.4. The molecular weight excluding hydrogens is 436 g/mol. The molecule has 0 saturated heterocycles. The highest BCUT2D eigenvalue weighted by molar-refractivity contribution is 9.10. The van der Waals surface area contributed by atoms with Crippen LogP contribution in [0.3, 0.4) is 0 Å². The summed E-state index contributed by atoms with van der Waals surface area (Å²) in [6.45, 7) is 0. The number of anilines is 1. The molecule has 1 N–H and O–H groups in total. The van der Waals surface area contributed by atoms with Crippen LogP contribution in [0.1, 0.15) is 0 Å². The minimum Gasteiger partial charge on any atom is -0.278 e. The van der Waals surface area contributed by atoms with E-state index in [0.29, 0.717) is 9.50 Å². The first kappa shape index (κ1) is 15.8. The van der Waals surface area contributed by atoms with Crippen molar-refractivity contribution in [1.29, 1.82) is 0 Å². The maximum Gasteiger partial charge on any atom is 0.262 e. The van der Waals surface area contributed by atoms with Gasteiger partial charge in [0.15, 0.2) is 0 Å². The largest absolute Gasteiger partial charge is 0.278 e. The van der Waals surface area contributed by atoms with Crippen LogP contribution in [0.5, 0.6) is 0 Å². The Hall–Kier alpha value is -0.630. The van der Waals surface area contributed by atoms with E-state index in [4.69, 9.17) is 11.6 Å². The summed E-state index contributed by atoms with van der Waals surface area (Å²) in [5.41, 5.74) is 0.279. The van der Waals surface area contributed by atoms with Crippen LogP contribution in [0.15, 0.2) is 50.2 Å². The molecule has 2 rings (SSSR count). The van der Waals surface area contributed by atoms with Gasteiger partial charge in [0.1, 0.15) is 5.82 Å². The fourth-order valence-electron chi connectivity index (χ4n) is 1.42. The van der Waals surface area contributed by atoms with Crippen LogP contribution in [-0.2, 0) is 10.0 Å². The third kappa shape index (κ3) is 3.52. The summed E-state index contributed by atoms with van der Waals surface area (Å²) >= 11 is 12.0. The topological polar surface area (TPSA) is 46.2 Å². The number of rotatable bonds is 3. The smallest absolute Gasteiger partial charge is 0.262 e. The lowest BCUT2D eigenvalue weighted by molar-refractivity contribution is 0.593. The molecule has 2 aromatic rings. The Morgan fingerprint density at radius 1 is 1.05 bits per heavy atom. The minimum atomic E-state index is -3.89. The minimum absolute atomic E-state index is 0.176. The van der Waals surface area contributed by atoms with Gasteiger partial charge < -0.3 is 0 Å². The number of benzene rings is 2. The number of hydrogen-bond donors (Lipinski definition) is 1. The molecular formula is C12H7Br2ClFNO2S. The number of halogens is 4. The molecule has 0 spiro atoms. The number of hydrogen-bond acceptors (Lipinski definition) is 2. The number of nitrogens with one attached hydrogen (secondary N) is 1. The lowest BCUT2D eigenvalue weighted by Crippen LogP contribution is -2.13. The Morgan fingerprint density at radius 3 is 2.35 bits per heavy atom. The maximum atomic E-state index is 13.4. The fourth-order valence-corrected chi connectivity index (χ4v) is 3.40. The Balaban J connectivity index is 2.40. The molecule has 0 atom stereocenters. The average molecular weight is 444 g/mol. The lowest BCUT2D eigenvalue weighted by atomic mass is 10.3. The molecule has 0 aliphatic heterocycles. The predicted octanol–water partition coefficient (Wildman–Crippen LogP) is 4.80. The van der Waals surface area contributed by atoms with Crippen molar-refractivity contribution in [2.75, 3.05) is 4.72 Å². The molecule has 0 aliphatic rings. The zero-order chi connectivity index (χ0) is 14.9. The van der Waals surface area contributed by atoms with E-state index in [1.54, 1.807) is 12.1 Å². The molecule has 0 saturated carbocycles. The van der Waals surface area contributed by atoms with E-state index in [1.807, 2.05) is 0 Å². The molecule has 106 valence electrons. The van der Waals surface area contributed by atoms with Gasteiger partial charge in [0.2, 0.25) is 0 Å². The van der Waals surface area contributed by atoms with Crippen LogP contribution < -0.4 is 4.72 Å². The van der Waals surface area contributed by atoms with Crippen LogP contribution in [0.4, 0.5) is 10.1 Å². The van der Waals surface area contributed by atoms with Gasteiger partial charge in [0.25, 0.3) is 10.0 Å². The van der Waals surface area contributed by atoms with Gasteiger partial charge in [-0.1, -0.05) is 11.6 Å². The second-order valence-corrected chi connectivity index (χ2v) is 7.63. The van der Waals surface area contributed by atoms with Gasteiger partial charge in [-0.25, -0.2) is 12.8 Å². The Morgan fingerprint density at radius 2 is 1.70 bits per heavy atom. The summed E-state index contributed by atoms with van der Waals surface area (Å²) in [6.07, 6.45) is 0. The highest BCUT2D eigenvalue weighted by Crippen LogP contribution is 2.28. The molecule has 0 radical (unpaired) electrons. The maximum absolute atomic E-state index is 13.4. The van der Waals surface area contributed by atoms with Crippen molar-refractivity contribution in [3.63, 3.8) is 0 Å². The molecule has 0 aliphatic carbocycles. The highest BCUT2D eigenvalue weighted by Gasteiger charge is 2.17. The summed E-state index contributed by atoms with van der Waals surface area (Å²) in [6, 6.07) is 8.25. The summed E-state index contributed by atoms with van der Waals surface area (Å²) in [4.78, 5) is -0.176. The molecule has 2 aromatic carbocycles. The van der Waals surface area contributed by atoms with Crippen LogP contribution in [0.25, 0.3) is 0 Å². The molecule has 0 amide bonds. The normalized spacial score (nSPS) is 11.4. The van der Waals surface area contributed by atoms with Gasteiger partial charge in [0.05, 0.1) is 15.1 Å². The van der Waals surface area contributed by atoms with E-state index >= 15 is 0 Å². The molecule has 20 heavy (non-hydrogen) atoms. The van der Waals surface area contributed by atoms with Gasteiger partial charge in [-0.15, -0.1) is 0 Å². The van der Waals surface area contributed by atoms with Crippen molar-refractivity contribution in [3.8, 4) is 0 Å².